The van der Waals surface area contributed by atoms with E-state index in [0.717, 1.165) is 11.3 Å². The number of nitrogens with zero attached hydrogens (tertiary/aromatic N) is 3. The Morgan fingerprint density at radius 1 is 1.16 bits per heavy atom. The maximum absolute atomic E-state index is 14.0. The van der Waals surface area contributed by atoms with E-state index in [1.54, 1.807) is 0 Å². The number of rotatable bonds is 5. The number of aromatic nitrogens is 3. The smallest absolute Gasteiger partial charge is 0.314 e. The summed E-state index contributed by atoms with van der Waals surface area (Å²) in [5, 5.41) is 10.2. The lowest BCUT2D eigenvalue weighted by Gasteiger charge is -2.18. The molecule has 2 heterocycles. The van der Waals surface area contributed by atoms with Crippen LogP contribution in [0.3, 0.4) is 0 Å². The van der Waals surface area contributed by atoms with Crippen LogP contribution in [0.1, 0.15) is 30.7 Å². The number of nitrogens with one attached hydrogen (secondary N) is 1. The van der Waals surface area contributed by atoms with Gasteiger partial charge < -0.3 is 9.73 Å². The second-order valence-electron chi connectivity index (χ2n) is 5.58. The second-order valence-corrected chi connectivity index (χ2v) is 6.61. The van der Waals surface area contributed by atoms with Gasteiger partial charge in [0.1, 0.15) is 16.5 Å². The van der Waals surface area contributed by atoms with E-state index in [0.29, 0.717) is 22.9 Å². The Morgan fingerprint density at radius 3 is 2.48 bits per heavy atom. The zero-order valence-electron chi connectivity index (χ0n) is 12.5. The van der Waals surface area contributed by atoms with Gasteiger partial charge in [-0.05, 0) is 25.0 Å². The van der Waals surface area contributed by atoms with Gasteiger partial charge in [0.15, 0.2) is 5.13 Å². The molecule has 1 aliphatic carbocycles. The predicted molar refractivity (Wildman–Crippen MR) is 81.3 cm³/mol. The second kappa shape index (κ2) is 5.80. The maximum atomic E-state index is 14.0. The molecule has 10 heteroatoms. The molecular formula is C15H10F4N4OS. The minimum Gasteiger partial charge on any atom is -0.414 e. The third-order valence-electron chi connectivity index (χ3n) is 3.88. The lowest BCUT2D eigenvalue weighted by atomic mass is 10.0. The van der Waals surface area contributed by atoms with Gasteiger partial charge >= 0.3 is 6.43 Å². The molecule has 1 aliphatic rings. The predicted octanol–water partition coefficient (Wildman–Crippen LogP) is 4.51. The molecule has 1 fully saturated rings. The van der Waals surface area contributed by atoms with Crippen LogP contribution in [-0.4, -0.2) is 15.2 Å². The van der Waals surface area contributed by atoms with Crippen molar-refractivity contribution in [3.8, 4) is 10.8 Å². The largest absolute Gasteiger partial charge is 0.414 e. The van der Waals surface area contributed by atoms with Crippen LogP contribution >= 0.6 is 11.3 Å². The summed E-state index contributed by atoms with van der Waals surface area (Å²) in [6, 6.07) is 3.72. The number of halogens is 4. The van der Waals surface area contributed by atoms with Crippen LogP contribution < -0.4 is 5.32 Å². The minimum absolute atomic E-state index is 0.0236. The number of hydrogen-bond donors (Lipinski definition) is 1. The summed E-state index contributed by atoms with van der Waals surface area (Å²) in [5.74, 6) is -2.10. The first-order valence-electron chi connectivity index (χ1n) is 7.29. The lowest BCUT2D eigenvalue weighted by molar-refractivity contribution is 0.116. The Labute approximate surface area is 142 Å². The minimum atomic E-state index is -2.86. The molecule has 4 rings (SSSR count). The standard InChI is InChI=1S/C15H10F4N4OS/c16-7-2-1-3-8(17)10(7)15(4-5-15)21-14-20-6-9(25-14)12-22-23-13(24-12)11(18)19/h1-3,6,11H,4-5H2,(H,20,21). The van der Waals surface area contributed by atoms with E-state index in [9.17, 15) is 17.6 Å². The summed E-state index contributed by atoms with van der Waals surface area (Å²) < 4.78 is 57.9. The van der Waals surface area contributed by atoms with E-state index >= 15 is 0 Å². The number of anilines is 1. The van der Waals surface area contributed by atoms with Gasteiger partial charge in [0, 0.05) is 5.56 Å². The number of hydrogen-bond acceptors (Lipinski definition) is 6. The molecule has 0 radical (unpaired) electrons. The molecule has 0 atom stereocenters. The van der Waals surface area contributed by atoms with Crippen molar-refractivity contribution in [2.45, 2.75) is 24.8 Å². The number of thiazole rings is 1. The summed E-state index contributed by atoms with van der Waals surface area (Å²) in [6.45, 7) is 0. The van der Waals surface area contributed by atoms with Crippen molar-refractivity contribution in [1.29, 1.82) is 0 Å². The van der Waals surface area contributed by atoms with E-state index in [2.05, 4.69) is 20.5 Å². The fourth-order valence-corrected chi connectivity index (χ4v) is 3.41. The van der Waals surface area contributed by atoms with E-state index in [1.165, 1.54) is 24.4 Å². The summed E-state index contributed by atoms with van der Waals surface area (Å²) in [5.41, 5.74) is -0.877. The van der Waals surface area contributed by atoms with Gasteiger partial charge in [-0.25, -0.2) is 13.8 Å². The van der Waals surface area contributed by atoms with Crippen molar-refractivity contribution in [2.75, 3.05) is 5.32 Å². The SMILES string of the molecule is Fc1cccc(F)c1C1(Nc2ncc(-c3nnc(C(F)F)o3)s2)CC1. The fourth-order valence-electron chi connectivity index (χ4n) is 2.58. The van der Waals surface area contributed by atoms with Crippen LogP contribution in [0.25, 0.3) is 10.8 Å². The maximum Gasteiger partial charge on any atom is 0.314 e. The first-order valence-corrected chi connectivity index (χ1v) is 8.10. The quantitative estimate of drug-likeness (QED) is 0.670. The third kappa shape index (κ3) is 2.86. The van der Waals surface area contributed by atoms with E-state index in [4.69, 9.17) is 4.42 Å². The third-order valence-corrected chi connectivity index (χ3v) is 4.78. The zero-order chi connectivity index (χ0) is 17.6. The molecule has 5 nitrogen and oxygen atoms in total. The van der Waals surface area contributed by atoms with Crippen LogP contribution in [0.5, 0.6) is 0 Å². The molecule has 0 unspecified atom stereocenters. The first kappa shape index (κ1) is 16.0. The molecule has 1 aromatic carbocycles. The number of benzene rings is 1. The Kier molecular flexibility index (Phi) is 3.71. The van der Waals surface area contributed by atoms with E-state index in [1.807, 2.05) is 0 Å². The fraction of sp³-hybridized carbons (Fsp3) is 0.267. The molecule has 130 valence electrons. The molecule has 0 aliphatic heterocycles. The average Bonchev–Trinajstić information content (AvgIpc) is 2.99. The van der Waals surface area contributed by atoms with Gasteiger partial charge in [-0.1, -0.05) is 17.4 Å². The van der Waals surface area contributed by atoms with Crippen molar-refractivity contribution in [2.24, 2.45) is 0 Å². The molecule has 2 aromatic heterocycles. The monoisotopic (exact) mass is 370 g/mol. The van der Waals surface area contributed by atoms with E-state index < -0.39 is 29.5 Å². The van der Waals surface area contributed by atoms with Gasteiger partial charge in [0.25, 0.3) is 11.8 Å². The van der Waals surface area contributed by atoms with Gasteiger partial charge in [0.05, 0.1) is 11.7 Å². The molecule has 0 amide bonds. The van der Waals surface area contributed by atoms with Gasteiger partial charge in [-0.15, -0.1) is 10.2 Å². The molecule has 1 N–H and O–H groups in total. The normalized spacial score (nSPS) is 15.6. The Bertz CT molecular complexity index is 902. The molecule has 25 heavy (non-hydrogen) atoms. The molecule has 0 spiro atoms. The van der Waals surface area contributed by atoms with Crippen molar-refractivity contribution in [1.82, 2.24) is 15.2 Å². The van der Waals surface area contributed by atoms with Crippen molar-refractivity contribution >= 4 is 16.5 Å². The molecular weight excluding hydrogens is 360 g/mol. The summed E-state index contributed by atoms with van der Waals surface area (Å²) in [6.07, 6.45) is -0.375. The highest BCUT2D eigenvalue weighted by atomic mass is 32.1. The Morgan fingerprint density at radius 2 is 1.88 bits per heavy atom. The van der Waals surface area contributed by atoms with E-state index in [-0.39, 0.29) is 11.5 Å². The molecule has 1 saturated carbocycles. The highest BCUT2D eigenvalue weighted by molar-refractivity contribution is 7.18. The summed E-state index contributed by atoms with van der Waals surface area (Å²) >= 11 is 1.08. The summed E-state index contributed by atoms with van der Waals surface area (Å²) in [7, 11) is 0. The van der Waals surface area contributed by atoms with Crippen molar-refractivity contribution in [3.63, 3.8) is 0 Å². The van der Waals surface area contributed by atoms with Gasteiger partial charge in [-0.3, -0.25) is 0 Å². The molecule has 3 aromatic rings. The zero-order valence-corrected chi connectivity index (χ0v) is 13.3. The average molecular weight is 370 g/mol. The Balaban J connectivity index is 1.59. The molecule has 0 saturated heterocycles. The lowest BCUT2D eigenvalue weighted by Crippen LogP contribution is -2.21. The Hall–Kier alpha value is -2.49. The highest BCUT2D eigenvalue weighted by Gasteiger charge is 2.48. The van der Waals surface area contributed by atoms with Gasteiger partial charge in [0.2, 0.25) is 0 Å². The van der Waals surface area contributed by atoms with Crippen LogP contribution in [0, 0.1) is 11.6 Å². The van der Waals surface area contributed by atoms with Crippen LogP contribution in [0.2, 0.25) is 0 Å². The van der Waals surface area contributed by atoms with Crippen LogP contribution in [0.4, 0.5) is 22.7 Å². The summed E-state index contributed by atoms with van der Waals surface area (Å²) in [4.78, 5) is 4.49. The van der Waals surface area contributed by atoms with Crippen LogP contribution in [-0.2, 0) is 5.54 Å². The van der Waals surface area contributed by atoms with Crippen molar-refractivity contribution in [3.05, 3.63) is 47.5 Å². The van der Waals surface area contributed by atoms with Crippen LogP contribution in [0.15, 0.2) is 28.8 Å². The molecule has 0 bridgehead atoms. The number of alkyl halides is 2. The van der Waals surface area contributed by atoms with Gasteiger partial charge in [-0.2, -0.15) is 8.78 Å². The highest BCUT2D eigenvalue weighted by Crippen LogP contribution is 2.50. The first-order chi connectivity index (χ1) is 12.0. The topological polar surface area (TPSA) is 63.8 Å². The van der Waals surface area contributed by atoms with Crippen molar-refractivity contribution < 1.29 is 22.0 Å².